The van der Waals surface area contributed by atoms with Crippen molar-refractivity contribution in [3.8, 4) is 0 Å². The van der Waals surface area contributed by atoms with Gasteiger partial charge in [0.1, 0.15) is 0 Å². The normalized spacial score (nSPS) is 17.9. The largest absolute Gasteiger partial charge is 0.291 e. The Labute approximate surface area is 94.6 Å². The molecule has 0 aliphatic heterocycles. The molecule has 0 heterocycles. The summed E-state index contributed by atoms with van der Waals surface area (Å²) in [6, 6.07) is 0. The van der Waals surface area contributed by atoms with Crippen molar-refractivity contribution in [2.75, 3.05) is 0 Å². The Morgan fingerprint density at radius 3 is 2.27 bits per heavy atom. The van der Waals surface area contributed by atoms with Gasteiger partial charge in [0.25, 0.3) is 0 Å². The second-order valence-electron chi connectivity index (χ2n) is 4.95. The molecule has 0 unspecified atom stereocenters. The molecule has 0 aromatic carbocycles. The van der Waals surface area contributed by atoms with Gasteiger partial charge >= 0.3 is 0 Å². The highest BCUT2D eigenvalue weighted by molar-refractivity contribution is 5.50. The van der Waals surface area contributed by atoms with Gasteiger partial charge in [-0.15, -0.1) is 0 Å². The van der Waals surface area contributed by atoms with Gasteiger partial charge < -0.3 is 0 Å². The summed E-state index contributed by atoms with van der Waals surface area (Å²) >= 11 is 0. The Hall–Kier alpha value is -0.330. The summed E-state index contributed by atoms with van der Waals surface area (Å²) < 4.78 is 0. The number of hydrogen-bond acceptors (Lipinski definition) is 1. The molecule has 1 heteroatoms. The van der Waals surface area contributed by atoms with Crippen molar-refractivity contribution in [1.29, 1.82) is 0 Å². The van der Waals surface area contributed by atoms with Crippen LogP contribution in [0.4, 0.5) is 0 Å². The predicted molar refractivity (Wildman–Crippen MR) is 64.6 cm³/mol. The average Bonchev–Trinajstić information content (AvgIpc) is 2.29. The molecule has 0 saturated heterocycles. The molecule has 87 valence electrons. The molecule has 0 atom stereocenters. The van der Waals surface area contributed by atoms with Crippen LogP contribution < -0.4 is 0 Å². The van der Waals surface area contributed by atoms with E-state index in [0.717, 1.165) is 12.3 Å². The highest BCUT2D eigenvalue weighted by Gasteiger charge is 2.12. The summed E-state index contributed by atoms with van der Waals surface area (Å²) in [6.45, 7) is 0. The maximum absolute atomic E-state index is 9.98. The van der Waals surface area contributed by atoms with Gasteiger partial charge in [-0.1, -0.05) is 64.2 Å². The van der Waals surface area contributed by atoms with E-state index in [1.165, 1.54) is 64.2 Å². The highest BCUT2D eigenvalue weighted by atomic mass is 16.1. The Morgan fingerprint density at radius 2 is 1.53 bits per heavy atom. The van der Waals surface area contributed by atoms with Crippen molar-refractivity contribution in [1.82, 2.24) is 0 Å². The first-order valence-corrected chi connectivity index (χ1v) is 6.78. The lowest BCUT2D eigenvalue weighted by molar-refractivity contribution is 0.328. The molecule has 1 rings (SSSR count). The van der Waals surface area contributed by atoms with E-state index in [-0.39, 0.29) is 0 Å². The first-order chi connectivity index (χ1) is 7.43. The number of hydrogen-bond donors (Lipinski definition) is 0. The molecule has 1 aliphatic carbocycles. The summed E-state index contributed by atoms with van der Waals surface area (Å²) in [4.78, 5) is 9.98. The van der Waals surface area contributed by atoms with Crippen molar-refractivity contribution in [2.45, 2.75) is 77.0 Å². The van der Waals surface area contributed by atoms with Crippen LogP contribution in [0, 0.1) is 5.92 Å². The van der Waals surface area contributed by atoms with E-state index in [9.17, 15) is 4.79 Å². The van der Waals surface area contributed by atoms with Crippen LogP contribution in [0.25, 0.3) is 0 Å². The van der Waals surface area contributed by atoms with Gasteiger partial charge in [-0.2, -0.15) is 0 Å². The Bertz CT molecular complexity index is 147. The summed E-state index contributed by atoms with van der Waals surface area (Å²) in [5.74, 6) is 1.04. The van der Waals surface area contributed by atoms with Crippen molar-refractivity contribution in [2.24, 2.45) is 5.92 Å². The zero-order valence-electron chi connectivity index (χ0n) is 9.97. The topological polar surface area (TPSA) is 17.1 Å². The molecule has 1 saturated carbocycles. The number of rotatable bonds is 8. The minimum atomic E-state index is 0.641. The van der Waals surface area contributed by atoms with Crippen LogP contribution in [-0.4, -0.2) is 6.29 Å². The van der Waals surface area contributed by atoms with Crippen LogP contribution in [0.15, 0.2) is 0 Å². The van der Waals surface area contributed by atoms with Crippen LogP contribution in [-0.2, 0) is 4.79 Å². The lowest BCUT2D eigenvalue weighted by Gasteiger charge is -2.21. The molecule has 1 fully saturated rings. The van der Waals surface area contributed by atoms with Crippen LogP contribution >= 0.6 is 0 Å². The maximum Gasteiger partial charge on any atom is 0.198 e. The number of carbonyl (C=O) groups excluding carboxylic acids is 1. The van der Waals surface area contributed by atoms with Crippen molar-refractivity contribution < 1.29 is 4.79 Å². The molecule has 1 nitrogen and oxygen atoms in total. The van der Waals surface area contributed by atoms with Crippen molar-refractivity contribution in [3.05, 3.63) is 0 Å². The third kappa shape index (κ3) is 6.70. The molecule has 0 N–H and O–H groups in total. The molecule has 0 bridgehead atoms. The van der Waals surface area contributed by atoms with E-state index in [4.69, 9.17) is 0 Å². The first kappa shape index (κ1) is 12.7. The molecule has 0 amide bonds. The lowest BCUT2D eigenvalue weighted by atomic mass is 9.85. The fourth-order valence-corrected chi connectivity index (χ4v) is 2.64. The third-order valence-electron chi connectivity index (χ3n) is 3.62. The fourth-order valence-electron chi connectivity index (χ4n) is 2.64. The van der Waals surface area contributed by atoms with Gasteiger partial charge in [-0.3, -0.25) is 4.79 Å². The molecule has 0 aromatic heterocycles. The standard InChI is InChI=1S/C14H25O/c15-13-9-4-2-1-3-6-10-14-11-7-5-8-12-14/h14H,1-12H2. The molecule has 0 spiro atoms. The minimum Gasteiger partial charge on any atom is -0.291 e. The lowest BCUT2D eigenvalue weighted by Crippen LogP contribution is -2.05. The average molecular weight is 209 g/mol. The second kappa shape index (κ2) is 8.94. The van der Waals surface area contributed by atoms with Gasteiger partial charge in [0.05, 0.1) is 0 Å². The van der Waals surface area contributed by atoms with Gasteiger partial charge in [0, 0.05) is 6.42 Å². The van der Waals surface area contributed by atoms with Crippen molar-refractivity contribution >= 4 is 6.29 Å². The van der Waals surface area contributed by atoms with Crippen LogP contribution in [0.5, 0.6) is 0 Å². The SMILES string of the molecule is O=[C]CCCCCCCC1CCCCC1. The van der Waals surface area contributed by atoms with Gasteiger partial charge in [0.15, 0.2) is 6.29 Å². The summed E-state index contributed by atoms with van der Waals surface area (Å²) in [7, 11) is 0. The van der Waals surface area contributed by atoms with Gasteiger partial charge in [0.2, 0.25) is 0 Å². The molecule has 1 radical (unpaired) electrons. The van der Waals surface area contributed by atoms with Crippen LogP contribution in [0.1, 0.15) is 77.0 Å². The van der Waals surface area contributed by atoms with Crippen molar-refractivity contribution in [3.63, 3.8) is 0 Å². The predicted octanol–water partition coefficient (Wildman–Crippen LogP) is 4.41. The van der Waals surface area contributed by atoms with E-state index in [1.54, 1.807) is 0 Å². The molecule has 0 aromatic rings. The maximum atomic E-state index is 9.98. The Morgan fingerprint density at radius 1 is 0.867 bits per heavy atom. The molecular weight excluding hydrogens is 184 g/mol. The smallest absolute Gasteiger partial charge is 0.198 e. The van der Waals surface area contributed by atoms with Crippen LogP contribution in [0.3, 0.4) is 0 Å². The Kier molecular flexibility index (Phi) is 7.59. The third-order valence-corrected chi connectivity index (χ3v) is 3.62. The monoisotopic (exact) mass is 209 g/mol. The van der Waals surface area contributed by atoms with E-state index < -0.39 is 0 Å². The zero-order chi connectivity index (χ0) is 10.8. The van der Waals surface area contributed by atoms with E-state index in [2.05, 4.69) is 0 Å². The minimum absolute atomic E-state index is 0.641. The quantitative estimate of drug-likeness (QED) is 0.541. The van der Waals surface area contributed by atoms with E-state index in [0.29, 0.717) is 6.42 Å². The molecule has 1 aliphatic rings. The highest BCUT2D eigenvalue weighted by Crippen LogP contribution is 2.27. The van der Waals surface area contributed by atoms with E-state index >= 15 is 0 Å². The van der Waals surface area contributed by atoms with Crippen LogP contribution in [0.2, 0.25) is 0 Å². The summed E-state index contributed by atoms with van der Waals surface area (Å²) in [6.07, 6.45) is 17.8. The molecule has 15 heavy (non-hydrogen) atoms. The fraction of sp³-hybridized carbons (Fsp3) is 0.929. The first-order valence-electron chi connectivity index (χ1n) is 6.78. The van der Waals surface area contributed by atoms with Gasteiger partial charge in [-0.25, -0.2) is 0 Å². The molecular formula is C14H25O. The summed E-state index contributed by atoms with van der Waals surface area (Å²) in [5, 5.41) is 0. The summed E-state index contributed by atoms with van der Waals surface area (Å²) in [5.41, 5.74) is 0. The number of unbranched alkanes of at least 4 members (excludes halogenated alkanes) is 5. The second-order valence-corrected chi connectivity index (χ2v) is 4.95. The van der Waals surface area contributed by atoms with E-state index in [1.807, 2.05) is 6.29 Å². The zero-order valence-corrected chi connectivity index (χ0v) is 9.97. The Balaban J connectivity index is 1.81. The van der Waals surface area contributed by atoms with Gasteiger partial charge in [-0.05, 0) is 12.3 Å².